The molecule has 1 aliphatic heterocycles. The summed E-state index contributed by atoms with van der Waals surface area (Å²) in [5.74, 6) is 0. The average molecular weight is 132 g/mol. The highest BCUT2D eigenvalue weighted by atomic mass is 16.3. The third kappa shape index (κ3) is 1.40. The maximum Gasteiger partial charge on any atom is 0.109 e. The van der Waals surface area contributed by atoms with Crippen LogP contribution in [-0.4, -0.2) is 46.8 Å². The topological polar surface area (TPSA) is 46.9 Å². The third-order valence-corrected chi connectivity index (χ3v) is 1.56. The maximum absolute atomic E-state index is 8.64. The van der Waals surface area contributed by atoms with Gasteiger partial charge in [0, 0.05) is 13.1 Å². The molecule has 0 atom stereocenters. The Balaban J connectivity index is 2.32. The summed E-state index contributed by atoms with van der Waals surface area (Å²) in [4.78, 5) is 0. The minimum Gasteiger partial charge on any atom is -0.380 e. The van der Waals surface area contributed by atoms with Crippen LogP contribution in [-0.2, 0) is 0 Å². The second-order valence-electron chi connectivity index (χ2n) is 2.10. The summed E-state index contributed by atoms with van der Waals surface area (Å²) in [6, 6.07) is 0. The summed E-state index contributed by atoms with van der Waals surface area (Å²) in [5.41, 5.74) is 0. The highest BCUT2D eigenvalue weighted by Crippen LogP contribution is 2.06. The van der Waals surface area contributed by atoms with Crippen LogP contribution in [0.15, 0.2) is 0 Å². The SMILES string of the molecule is OCN1CCCN1CO. The molecule has 4 nitrogen and oxygen atoms in total. The van der Waals surface area contributed by atoms with Crippen LogP contribution in [0.5, 0.6) is 0 Å². The van der Waals surface area contributed by atoms with Gasteiger partial charge in [-0.2, -0.15) is 0 Å². The Bertz CT molecular complexity index is 79.0. The first-order valence-corrected chi connectivity index (χ1v) is 3.10. The zero-order valence-electron chi connectivity index (χ0n) is 5.32. The smallest absolute Gasteiger partial charge is 0.109 e. The Morgan fingerprint density at radius 1 is 1.00 bits per heavy atom. The van der Waals surface area contributed by atoms with Crippen molar-refractivity contribution in [3.05, 3.63) is 0 Å². The summed E-state index contributed by atoms with van der Waals surface area (Å²) in [7, 11) is 0. The minimum absolute atomic E-state index is 0.0144. The van der Waals surface area contributed by atoms with Gasteiger partial charge in [-0.1, -0.05) is 0 Å². The van der Waals surface area contributed by atoms with E-state index in [1.807, 2.05) is 0 Å². The standard InChI is InChI=1S/C5H12N2O2/c8-4-6-2-1-3-7(6)5-9/h8-9H,1-5H2. The molecule has 0 bridgehead atoms. The van der Waals surface area contributed by atoms with Crippen molar-refractivity contribution in [2.24, 2.45) is 0 Å². The zero-order chi connectivity index (χ0) is 6.69. The van der Waals surface area contributed by atoms with Crippen LogP contribution in [0.3, 0.4) is 0 Å². The summed E-state index contributed by atoms with van der Waals surface area (Å²) in [6.07, 6.45) is 1.03. The number of hydrogen-bond acceptors (Lipinski definition) is 4. The van der Waals surface area contributed by atoms with Crippen LogP contribution in [0.25, 0.3) is 0 Å². The highest BCUT2D eigenvalue weighted by Gasteiger charge is 2.18. The fourth-order valence-corrected chi connectivity index (χ4v) is 1.04. The molecule has 9 heavy (non-hydrogen) atoms. The van der Waals surface area contributed by atoms with Gasteiger partial charge in [-0.25, -0.2) is 10.0 Å². The molecule has 1 rings (SSSR count). The quantitative estimate of drug-likeness (QED) is 0.496. The first-order chi connectivity index (χ1) is 4.38. The molecule has 1 aliphatic rings. The van der Waals surface area contributed by atoms with Crippen molar-refractivity contribution in [3.8, 4) is 0 Å². The molecule has 0 aromatic carbocycles. The molecule has 0 unspecified atom stereocenters. The normalized spacial score (nSPS) is 23.3. The molecule has 0 spiro atoms. The number of aliphatic hydroxyl groups excluding tert-OH is 2. The molecular formula is C5H12N2O2. The number of rotatable bonds is 2. The summed E-state index contributed by atoms with van der Waals surface area (Å²) < 4.78 is 0. The third-order valence-electron chi connectivity index (χ3n) is 1.56. The van der Waals surface area contributed by atoms with Crippen molar-refractivity contribution >= 4 is 0 Å². The van der Waals surface area contributed by atoms with Crippen LogP contribution >= 0.6 is 0 Å². The molecule has 2 N–H and O–H groups in total. The Hall–Kier alpha value is -0.160. The van der Waals surface area contributed by atoms with Gasteiger partial charge in [0.1, 0.15) is 13.5 Å². The van der Waals surface area contributed by atoms with Gasteiger partial charge in [0.15, 0.2) is 0 Å². The Morgan fingerprint density at radius 3 is 1.78 bits per heavy atom. The summed E-state index contributed by atoms with van der Waals surface area (Å²) in [6.45, 7) is 1.75. The highest BCUT2D eigenvalue weighted by molar-refractivity contribution is 4.60. The van der Waals surface area contributed by atoms with Gasteiger partial charge in [-0.15, -0.1) is 0 Å². The number of nitrogens with zero attached hydrogens (tertiary/aromatic N) is 2. The lowest BCUT2D eigenvalue weighted by Crippen LogP contribution is -2.37. The Labute approximate surface area is 54.3 Å². The van der Waals surface area contributed by atoms with E-state index in [2.05, 4.69) is 0 Å². The molecule has 54 valence electrons. The molecule has 1 fully saturated rings. The predicted molar refractivity (Wildman–Crippen MR) is 32.2 cm³/mol. The van der Waals surface area contributed by atoms with Crippen molar-refractivity contribution in [2.45, 2.75) is 6.42 Å². The molecule has 1 saturated heterocycles. The number of hydrogen-bond donors (Lipinski definition) is 2. The van der Waals surface area contributed by atoms with E-state index in [4.69, 9.17) is 10.2 Å². The van der Waals surface area contributed by atoms with E-state index in [0.717, 1.165) is 19.5 Å². The fourth-order valence-electron chi connectivity index (χ4n) is 1.04. The van der Waals surface area contributed by atoms with Gasteiger partial charge in [0.2, 0.25) is 0 Å². The van der Waals surface area contributed by atoms with E-state index in [1.165, 1.54) is 0 Å². The van der Waals surface area contributed by atoms with Gasteiger partial charge in [-0.05, 0) is 6.42 Å². The maximum atomic E-state index is 8.64. The van der Waals surface area contributed by atoms with Crippen LogP contribution in [0.2, 0.25) is 0 Å². The van der Waals surface area contributed by atoms with E-state index in [0.29, 0.717) is 0 Å². The van der Waals surface area contributed by atoms with Crippen LogP contribution in [0.1, 0.15) is 6.42 Å². The lowest BCUT2D eigenvalue weighted by molar-refractivity contribution is -0.0861. The zero-order valence-corrected chi connectivity index (χ0v) is 5.32. The van der Waals surface area contributed by atoms with E-state index < -0.39 is 0 Å². The molecule has 0 saturated carbocycles. The Kier molecular flexibility index (Phi) is 2.41. The van der Waals surface area contributed by atoms with E-state index in [9.17, 15) is 0 Å². The van der Waals surface area contributed by atoms with Crippen LogP contribution in [0.4, 0.5) is 0 Å². The van der Waals surface area contributed by atoms with E-state index in [-0.39, 0.29) is 13.5 Å². The van der Waals surface area contributed by atoms with Crippen molar-refractivity contribution in [3.63, 3.8) is 0 Å². The second-order valence-corrected chi connectivity index (χ2v) is 2.10. The van der Waals surface area contributed by atoms with Gasteiger partial charge >= 0.3 is 0 Å². The van der Waals surface area contributed by atoms with Gasteiger partial charge < -0.3 is 10.2 Å². The van der Waals surface area contributed by atoms with Gasteiger partial charge in [0.25, 0.3) is 0 Å². The molecule has 0 aromatic heterocycles. The fraction of sp³-hybridized carbons (Fsp3) is 1.00. The molecule has 1 heterocycles. The first-order valence-electron chi connectivity index (χ1n) is 3.10. The largest absolute Gasteiger partial charge is 0.380 e. The first kappa shape index (κ1) is 6.95. The van der Waals surface area contributed by atoms with Gasteiger partial charge in [0.05, 0.1) is 0 Å². The van der Waals surface area contributed by atoms with Crippen molar-refractivity contribution in [1.82, 2.24) is 10.0 Å². The molecule has 0 aliphatic carbocycles. The monoisotopic (exact) mass is 132 g/mol. The molecule has 0 aromatic rings. The predicted octanol–water partition coefficient (Wildman–Crippen LogP) is -1.19. The summed E-state index contributed by atoms with van der Waals surface area (Å²) >= 11 is 0. The Morgan fingerprint density at radius 2 is 1.44 bits per heavy atom. The molecule has 4 heteroatoms. The molecule has 0 amide bonds. The van der Waals surface area contributed by atoms with Crippen LogP contribution < -0.4 is 0 Å². The van der Waals surface area contributed by atoms with Gasteiger partial charge in [-0.3, -0.25) is 0 Å². The number of aliphatic hydroxyl groups is 2. The van der Waals surface area contributed by atoms with Crippen molar-refractivity contribution in [2.75, 3.05) is 26.6 Å². The lowest BCUT2D eigenvalue weighted by atomic mass is 10.5. The second kappa shape index (κ2) is 3.12. The van der Waals surface area contributed by atoms with Crippen molar-refractivity contribution < 1.29 is 10.2 Å². The molecule has 0 radical (unpaired) electrons. The molecular weight excluding hydrogens is 120 g/mol. The lowest BCUT2D eigenvalue weighted by Gasteiger charge is -2.22. The van der Waals surface area contributed by atoms with Crippen molar-refractivity contribution in [1.29, 1.82) is 0 Å². The average Bonchev–Trinajstić information content (AvgIpc) is 2.33. The van der Waals surface area contributed by atoms with Crippen LogP contribution in [0, 0.1) is 0 Å². The summed E-state index contributed by atoms with van der Waals surface area (Å²) in [5, 5.41) is 20.7. The van der Waals surface area contributed by atoms with E-state index in [1.54, 1.807) is 10.0 Å². The number of hydrazine groups is 1. The van der Waals surface area contributed by atoms with E-state index >= 15 is 0 Å². The minimum atomic E-state index is 0.0144.